The Morgan fingerprint density at radius 1 is 1.21 bits per heavy atom. The summed E-state index contributed by atoms with van der Waals surface area (Å²) in [5.74, 6) is 0.656. The highest BCUT2D eigenvalue weighted by molar-refractivity contribution is 5.53. The van der Waals surface area contributed by atoms with Gasteiger partial charge in [-0.2, -0.15) is 0 Å². The van der Waals surface area contributed by atoms with E-state index in [1.807, 2.05) is 19.1 Å². The molecule has 2 aromatic rings. The third-order valence-corrected chi connectivity index (χ3v) is 3.00. The van der Waals surface area contributed by atoms with Crippen LogP contribution in [0.5, 0.6) is 5.88 Å². The van der Waals surface area contributed by atoms with Gasteiger partial charge in [-0.15, -0.1) is 0 Å². The molecule has 0 bridgehead atoms. The molecule has 0 fully saturated rings. The van der Waals surface area contributed by atoms with Crippen LogP contribution < -0.4 is 10.1 Å². The van der Waals surface area contributed by atoms with Gasteiger partial charge in [0.15, 0.2) is 0 Å². The van der Waals surface area contributed by atoms with Crippen molar-refractivity contribution in [2.75, 3.05) is 11.9 Å². The summed E-state index contributed by atoms with van der Waals surface area (Å²) >= 11 is 0. The highest BCUT2D eigenvalue weighted by Gasteiger charge is 2.09. The minimum atomic E-state index is 0.212. The van der Waals surface area contributed by atoms with Gasteiger partial charge in [-0.1, -0.05) is 29.8 Å². The number of rotatable bonds is 5. The topological polar surface area (TPSA) is 34.1 Å². The van der Waals surface area contributed by atoms with Crippen LogP contribution in [0.25, 0.3) is 0 Å². The van der Waals surface area contributed by atoms with Crippen LogP contribution >= 0.6 is 0 Å². The Kier molecular flexibility index (Phi) is 4.39. The van der Waals surface area contributed by atoms with Crippen molar-refractivity contribution in [2.24, 2.45) is 0 Å². The summed E-state index contributed by atoms with van der Waals surface area (Å²) in [4.78, 5) is 4.24. The number of aryl methyl sites for hydroxylation is 1. The number of nitrogens with zero attached hydrogens (tertiary/aromatic N) is 1. The number of benzene rings is 1. The molecule has 1 aromatic heterocycles. The molecule has 0 amide bonds. The predicted octanol–water partition coefficient (Wildman–Crippen LogP) is 3.96. The number of hydrogen-bond donors (Lipinski definition) is 1. The fourth-order valence-corrected chi connectivity index (χ4v) is 1.92. The van der Waals surface area contributed by atoms with Crippen molar-refractivity contribution in [2.45, 2.75) is 26.8 Å². The number of pyridine rings is 1. The molecule has 1 aromatic carbocycles. The van der Waals surface area contributed by atoms with E-state index in [0.717, 1.165) is 5.69 Å². The summed E-state index contributed by atoms with van der Waals surface area (Å²) in [6.45, 7) is 6.80. The maximum Gasteiger partial charge on any atom is 0.237 e. The van der Waals surface area contributed by atoms with E-state index in [4.69, 9.17) is 4.74 Å². The van der Waals surface area contributed by atoms with Crippen LogP contribution in [0.4, 0.5) is 5.69 Å². The van der Waals surface area contributed by atoms with Gasteiger partial charge in [0.25, 0.3) is 0 Å². The van der Waals surface area contributed by atoms with E-state index in [9.17, 15) is 0 Å². The van der Waals surface area contributed by atoms with Crippen molar-refractivity contribution in [3.8, 4) is 5.88 Å². The van der Waals surface area contributed by atoms with E-state index < -0.39 is 0 Å². The molecule has 0 radical (unpaired) electrons. The first kappa shape index (κ1) is 13.4. The van der Waals surface area contributed by atoms with Crippen molar-refractivity contribution in [3.05, 3.63) is 53.7 Å². The van der Waals surface area contributed by atoms with Crippen LogP contribution in [0.2, 0.25) is 0 Å². The van der Waals surface area contributed by atoms with Crippen molar-refractivity contribution in [1.29, 1.82) is 0 Å². The summed E-state index contributed by atoms with van der Waals surface area (Å²) in [6.07, 6.45) is 1.74. The molecule has 0 spiro atoms. The lowest BCUT2D eigenvalue weighted by Crippen LogP contribution is -2.08. The van der Waals surface area contributed by atoms with Crippen LogP contribution in [0.15, 0.2) is 42.6 Å². The zero-order valence-electron chi connectivity index (χ0n) is 11.7. The third kappa shape index (κ3) is 3.47. The molecule has 0 aliphatic heterocycles. The second kappa shape index (κ2) is 6.23. The van der Waals surface area contributed by atoms with Gasteiger partial charge >= 0.3 is 0 Å². The van der Waals surface area contributed by atoms with Crippen LogP contribution in [0.3, 0.4) is 0 Å². The molecule has 1 atom stereocenters. The molecule has 3 nitrogen and oxygen atoms in total. The Morgan fingerprint density at radius 3 is 2.63 bits per heavy atom. The first-order valence-corrected chi connectivity index (χ1v) is 6.61. The van der Waals surface area contributed by atoms with Crippen LogP contribution in [-0.2, 0) is 0 Å². The zero-order chi connectivity index (χ0) is 13.7. The van der Waals surface area contributed by atoms with Gasteiger partial charge in [0.1, 0.15) is 0 Å². The van der Waals surface area contributed by atoms with Crippen LogP contribution in [0, 0.1) is 6.92 Å². The first-order chi connectivity index (χ1) is 9.20. The Balaban J connectivity index is 2.14. The van der Waals surface area contributed by atoms with Gasteiger partial charge in [0.2, 0.25) is 5.88 Å². The van der Waals surface area contributed by atoms with E-state index in [2.05, 4.69) is 48.4 Å². The van der Waals surface area contributed by atoms with Gasteiger partial charge in [-0.25, -0.2) is 4.98 Å². The second-order valence-electron chi connectivity index (χ2n) is 4.57. The van der Waals surface area contributed by atoms with Gasteiger partial charge in [0, 0.05) is 12.2 Å². The lowest BCUT2D eigenvalue weighted by Gasteiger charge is -2.17. The fourth-order valence-electron chi connectivity index (χ4n) is 1.92. The maximum atomic E-state index is 5.52. The lowest BCUT2D eigenvalue weighted by molar-refractivity contribution is 0.328. The number of anilines is 1. The molecule has 0 saturated carbocycles. The average molecular weight is 256 g/mol. The number of aromatic nitrogens is 1. The molecule has 100 valence electrons. The van der Waals surface area contributed by atoms with Crippen molar-refractivity contribution < 1.29 is 4.74 Å². The van der Waals surface area contributed by atoms with E-state index in [-0.39, 0.29) is 6.04 Å². The Hall–Kier alpha value is -2.03. The molecular weight excluding hydrogens is 236 g/mol. The fraction of sp³-hybridized carbons (Fsp3) is 0.312. The maximum absolute atomic E-state index is 5.52. The number of hydrogen-bond acceptors (Lipinski definition) is 3. The smallest absolute Gasteiger partial charge is 0.237 e. The molecule has 0 aliphatic carbocycles. The highest BCUT2D eigenvalue weighted by Crippen LogP contribution is 2.26. The average Bonchev–Trinajstić information content (AvgIpc) is 2.42. The summed E-state index contributed by atoms with van der Waals surface area (Å²) in [5, 5.41) is 3.44. The largest absolute Gasteiger partial charge is 0.476 e. The normalized spacial score (nSPS) is 11.9. The van der Waals surface area contributed by atoms with Crippen molar-refractivity contribution in [1.82, 2.24) is 4.98 Å². The van der Waals surface area contributed by atoms with Gasteiger partial charge in [0.05, 0.1) is 12.3 Å². The molecule has 2 rings (SSSR count). The number of nitrogens with one attached hydrogen (secondary N) is 1. The lowest BCUT2D eigenvalue weighted by atomic mass is 10.1. The van der Waals surface area contributed by atoms with E-state index in [1.165, 1.54) is 11.1 Å². The van der Waals surface area contributed by atoms with E-state index in [0.29, 0.717) is 12.5 Å². The Morgan fingerprint density at radius 2 is 1.95 bits per heavy atom. The second-order valence-corrected chi connectivity index (χ2v) is 4.57. The standard InChI is InChI=1S/C16H20N2O/c1-4-19-16-15(6-5-11-17-16)18-13(3)14-9-7-12(2)8-10-14/h5-11,13,18H,4H2,1-3H3. The minimum Gasteiger partial charge on any atom is -0.476 e. The first-order valence-electron chi connectivity index (χ1n) is 6.61. The van der Waals surface area contributed by atoms with Crippen LogP contribution in [0.1, 0.15) is 31.0 Å². The Bertz CT molecular complexity index is 523. The molecule has 1 N–H and O–H groups in total. The molecule has 0 aliphatic rings. The number of ether oxygens (including phenoxy) is 1. The predicted molar refractivity (Wildman–Crippen MR) is 78.6 cm³/mol. The van der Waals surface area contributed by atoms with Crippen LogP contribution in [-0.4, -0.2) is 11.6 Å². The highest BCUT2D eigenvalue weighted by atomic mass is 16.5. The summed E-state index contributed by atoms with van der Waals surface area (Å²) in [6, 6.07) is 12.6. The summed E-state index contributed by atoms with van der Waals surface area (Å²) in [7, 11) is 0. The third-order valence-electron chi connectivity index (χ3n) is 3.00. The molecule has 1 heterocycles. The van der Waals surface area contributed by atoms with Gasteiger partial charge in [-0.3, -0.25) is 0 Å². The van der Waals surface area contributed by atoms with E-state index >= 15 is 0 Å². The van der Waals surface area contributed by atoms with Gasteiger partial charge < -0.3 is 10.1 Å². The summed E-state index contributed by atoms with van der Waals surface area (Å²) in [5.41, 5.74) is 3.45. The molecule has 1 unspecified atom stereocenters. The molecule has 0 saturated heterocycles. The monoisotopic (exact) mass is 256 g/mol. The van der Waals surface area contributed by atoms with Crippen molar-refractivity contribution in [3.63, 3.8) is 0 Å². The molecule has 19 heavy (non-hydrogen) atoms. The molecular formula is C16H20N2O. The SMILES string of the molecule is CCOc1ncccc1NC(C)c1ccc(C)cc1. The van der Waals surface area contributed by atoms with E-state index in [1.54, 1.807) is 6.20 Å². The Labute approximate surface area is 114 Å². The zero-order valence-corrected chi connectivity index (χ0v) is 11.7. The van der Waals surface area contributed by atoms with Gasteiger partial charge in [-0.05, 0) is 38.5 Å². The van der Waals surface area contributed by atoms with Crippen molar-refractivity contribution >= 4 is 5.69 Å². The quantitative estimate of drug-likeness (QED) is 0.879. The minimum absolute atomic E-state index is 0.212. The summed E-state index contributed by atoms with van der Waals surface area (Å²) < 4.78 is 5.52. The molecule has 3 heteroatoms.